The van der Waals surface area contributed by atoms with Crippen molar-refractivity contribution in [3.8, 4) is 0 Å². The first kappa shape index (κ1) is 9.36. The monoisotopic (exact) mass is 193 g/mol. The highest BCUT2D eigenvalue weighted by molar-refractivity contribution is 5.39. The molecule has 2 N–H and O–H groups in total. The van der Waals surface area contributed by atoms with E-state index in [0.717, 1.165) is 18.9 Å². The summed E-state index contributed by atoms with van der Waals surface area (Å²) in [5, 5.41) is 0. The van der Waals surface area contributed by atoms with E-state index >= 15 is 0 Å². The summed E-state index contributed by atoms with van der Waals surface area (Å²) in [7, 11) is 1.68. The van der Waals surface area contributed by atoms with Crippen LogP contribution in [0.15, 0.2) is 12.3 Å². The van der Waals surface area contributed by atoms with Gasteiger partial charge in [-0.15, -0.1) is 0 Å². The third-order valence-corrected chi connectivity index (χ3v) is 2.46. The van der Waals surface area contributed by atoms with E-state index in [4.69, 9.17) is 10.5 Å². The number of anilines is 1. The molecule has 0 aromatic carbocycles. The van der Waals surface area contributed by atoms with Crippen molar-refractivity contribution >= 4 is 5.82 Å². The maximum atomic E-state index is 5.90. The van der Waals surface area contributed by atoms with Crippen molar-refractivity contribution in [2.45, 2.75) is 12.1 Å². The number of nitrogens with zero attached hydrogens (tertiary/aromatic N) is 3. The maximum Gasteiger partial charge on any atom is 0.199 e. The lowest BCUT2D eigenvalue weighted by atomic mass is 10.2. The summed E-state index contributed by atoms with van der Waals surface area (Å²) >= 11 is 0. The lowest BCUT2D eigenvalue weighted by Crippen LogP contribution is -2.34. The second kappa shape index (κ2) is 3.89. The largest absolute Gasteiger partial charge is 0.378 e. The summed E-state index contributed by atoms with van der Waals surface area (Å²) in [5.74, 6) is 0.856. The van der Waals surface area contributed by atoms with E-state index in [-0.39, 0.29) is 12.1 Å². The summed E-state index contributed by atoms with van der Waals surface area (Å²) in [4.78, 5) is 9.87. The third-order valence-electron chi connectivity index (χ3n) is 2.46. The van der Waals surface area contributed by atoms with E-state index < -0.39 is 0 Å². The van der Waals surface area contributed by atoms with Gasteiger partial charge in [0.05, 0.1) is 12.1 Å². The number of aromatic nitrogens is 2. The Kier molecular flexibility index (Phi) is 2.60. The Balaban J connectivity index is 2.09. The van der Waals surface area contributed by atoms with E-state index in [2.05, 4.69) is 21.2 Å². The van der Waals surface area contributed by atoms with Gasteiger partial charge in [0, 0.05) is 26.4 Å². The highest BCUT2D eigenvalue weighted by Crippen LogP contribution is 2.17. The van der Waals surface area contributed by atoms with Gasteiger partial charge in [0.2, 0.25) is 0 Å². The second-order valence-corrected chi connectivity index (χ2v) is 3.36. The number of nitrogens with two attached hydrogens (primary N) is 1. The standard InChI is InChI=1S/C9H13N4O/c1-14-8-5-13(4-7(8)10)9-2-3-11-6-12-9/h2-3,7-8H,4-5,10H2,1H3. The molecule has 14 heavy (non-hydrogen) atoms. The van der Waals surface area contributed by atoms with Crippen molar-refractivity contribution in [1.82, 2.24) is 9.97 Å². The van der Waals surface area contributed by atoms with E-state index in [1.807, 2.05) is 6.07 Å². The van der Waals surface area contributed by atoms with Gasteiger partial charge in [0.1, 0.15) is 5.82 Å². The molecule has 2 rings (SSSR count). The summed E-state index contributed by atoms with van der Waals surface area (Å²) in [6.45, 7) is 1.55. The molecule has 0 amide bonds. The summed E-state index contributed by atoms with van der Waals surface area (Å²) < 4.78 is 5.25. The minimum Gasteiger partial charge on any atom is -0.378 e. The molecule has 2 atom stereocenters. The fourth-order valence-corrected chi connectivity index (χ4v) is 1.67. The SMILES string of the molecule is COC1CN(c2ccn[c]n2)CC1N. The molecule has 1 radical (unpaired) electrons. The van der Waals surface area contributed by atoms with Gasteiger partial charge in [-0.05, 0) is 6.07 Å². The van der Waals surface area contributed by atoms with E-state index in [0.29, 0.717) is 0 Å². The normalized spacial score (nSPS) is 26.9. The van der Waals surface area contributed by atoms with Gasteiger partial charge in [-0.1, -0.05) is 0 Å². The molecule has 1 aliphatic rings. The van der Waals surface area contributed by atoms with Gasteiger partial charge in [0.25, 0.3) is 0 Å². The van der Waals surface area contributed by atoms with Gasteiger partial charge in [-0.2, -0.15) is 0 Å². The zero-order valence-corrected chi connectivity index (χ0v) is 8.05. The van der Waals surface area contributed by atoms with Crippen LogP contribution in [-0.4, -0.2) is 42.3 Å². The third kappa shape index (κ3) is 1.69. The fourth-order valence-electron chi connectivity index (χ4n) is 1.67. The van der Waals surface area contributed by atoms with Gasteiger partial charge in [-0.3, -0.25) is 0 Å². The van der Waals surface area contributed by atoms with Gasteiger partial charge in [-0.25, -0.2) is 9.97 Å². The van der Waals surface area contributed by atoms with Crippen LogP contribution >= 0.6 is 0 Å². The van der Waals surface area contributed by atoms with Crippen molar-refractivity contribution in [3.05, 3.63) is 18.6 Å². The topological polar surface area (TPSA) is 64.3 Å². The molecule has 75 valence electrons. The van der Waals surface area contributed by atoms with E-state index in [1.54, 1.807) is 13.3 Å². The molecule has 0 saturated carbocycles. The smallest absolute Gasteiger partial charge is 0.199 e. The predicted molar refractivity (Wildman–Crippen MR) is 51.9 cm³/mol. The zero-order valence-electron chi connectivity index (χ0n) is 8.05. The molecule has 0 aliphatic carbocycles. The molecule has 2 unspecified atom stereocenters. The molecule has 5 nitrogen and oxygen atoms in total. The lowest BCUT2D eigenvalue weighted by Gasteiger charge is -2.15. The molecule has 1 aromatic rings. The molecule has 1 fully saturated rings. The summed E-state index contributed by atoms with van der Waals surface area (Å²) in [6, 6.07) is 1.90. The minimum absolute atomic E-state index is 0.0509. The molecule has 1 aliphatic heterocycles. The van der Waals surface area contributed by atoms with Crippen molar-refractivity contribution < 1.29 is 4.74 Å². The van der Waals surface area contributed by atoms with Gasteiger partial charge < -0.3 is 15.4 Å². The van der Waals surface area contributed by atoms with Crippen molar-refractivity contribution in [1.29, 1.82) is 0 Å². The Hall–Kier alpha value is -1.20. The molecular formula is C9H13N4O. The molecule has 1 saturated heterocycles. The fraction of sp³-hybridized carbons (Fsp3) is 0.556. The van der Waals surface area contributed by atoms with Crippen LogP contribution in [0.3, 0.4) is 0 Å². The average Bonchev–Trinajstić information content (AvgIpc) is 2.61. The van der Waals surface area contributed by atoms with E-state index in [9.17, 15) is 0 Å². The maximum absolute atomic E-state index is 5.90. The first-order valence-electron chi connectivity index (χ1n) is 4.53. The molecule has 0 bridgehead atoms. The Labute approximate surface area is 82.9 Å². The lowest BCUT2D eigenvalue weighted by molar-refractivity contribution is 0.108. The Morgan fingerprint density at radius 2 is 2.50 bits per heavy atom. The van der Waals surface area contributed by atoms with Crippen LogP contribution in [0, 0.1) is 6.33 Å². The highest BCUT2D eigenvalue weighted by Gasteiger charge is 2.30. The quantitative estimate of drug-likeness (QED) is 0.682. The number of hydrogen-bond donors (Lipinski definition) is 1. The van der Waals surface area contributed by atoms with Crippen LogP contribution in [0.25, 0.3) is 0 Å². The molecule has 0 spiro atoms. The molecule has 1 aromatic heterocycles. The Morgan fingerprint density at radius 3 is 3.07 bits per heavy atom. The average molecular weight is 193 g/mol. The number of rotatable bonds is 2. The van der Waals surface area contributed by atoms with Gasteiger partial charge >= 0.3 is 0 Å². The second-order valence-electron chi connectivity index (χ2n) is 3.36. The Morgan fingerprint density at radius 1 is 1.64 bits per heavy atom. The van der Waals surface area contributed by atoms with Gasteiger partial charge in [0.15, 0.2) is 6.33 Å². The first-order valence-corrected chi connectivity index (χ1v) is 4.53. The molecule has 2 heterocycles. The predicted octanol–water partition coefficient (Wildman–Crippen LogP) is -0.561. The van der Waals surface area contributed by atoms with Crippen molar-refractivity contribution in [2.75, 3.05) is 25.1 Å². The Bertz CT molecular complexity index is 292. The zero-order chi connectivity index (χ0) is 9.97. The summed E-state index contributed by atoms with van der Waals surface area (Å²) in [5.41, 5.74) is 5.90. The number of ether oxygens (including phenoxy) is 1. The van der Waals surface area contributed by atoms with Crippen molar-refractivity contribution in [3.63, 3.8) is 0 Å². The molecular weight excluding hydrogens is 180 g/mol. The number of hydrogen-bond acceptors (Lipinski definition) is 5. The van der Waals surface area contributed by atoms with Crippen molar-refractivity contribution in [2.24, 2.45) is 5.73 Å². The highest BCUT2D eigenvalue weighted by atomic mass is 16.5. The molecule has 5 heteroatoms. The van der Waals surface area contributed by atoms with Crippen LogP contribution in [0.4, 0.5) is 5.82 Å². The van der Waals surface area contributed by atoms with Crippen LogP contribution in [-0.2, 0) is 4.74 Å². The number of methoxy groups -OCH3 is 1. The van der Waals surface area contributed by atoms with Crippen LogP contribution < -0.4 is 10.6 Å². The van der Waals surface area contributed by atoms with E-state index in [1.165, 1.54) is 0 Å². The van der Waals surface area contributed by atoms with Crippen LogP contribution in [0.2, 0.25) is 0 Å². The summed E-state index contributed by atoms with van der Waals surface area (Å²) in [6.07, 6.45) is 4.32. The van der Waals surface area contributed by atoms with Crippen LogP contribution in [0.1, 0.15) is 0 Å². The minimum atomic E-state index is 0.0509. The van der Waals surface area contributed by atoms with Crippen LogP contribution in [0.5, 0.6) is 0 Å². The first-order chi connectivity index (χ1) is 6.81.